The molecule has 5 heterocycles. The molecular formula is C65H79N5O11. The molecule has 2 aromatic heterocycles. The van der Waals surface area contributed by atoms with E-state index in [2.05, 4.69) is 48.0 Å². The summed E-state index contributed by atoms with van der Waals surface area (Å²) in [6, 6.07) is 16.2. The van der Waals surface area contributed by atoms with Crippen molar-refractivity contribution in [2.75, 3.05) is 51.2 Å². The second-order valence-corrected chi connectivity index (χ2v) is 25.2. The standard InChI is InChI=1S/C65H79N5O11/c1-9-64(77)53-34-55-58-43(36-70(55)59(74)51(53)37-78-60(64)75)33-48-50(38-79-62(4,5)6)56(23-22-54(48)66-58)80-61(76)69-30-28-68(29-31-69)27-13-11-10-12-26-67(8)44-17-14-41(15-18-44)49-35-63(7)52(24-25-65(63,39(2)71)81-40(3)72)47-20-16-42-32-45(73)19-21-46(42)57(47)49/h14-15,17-18,22-23,32-34,47,49,52,77H,9-13,16,19-21,24-31,35-38H2,1-8H3/t47-,49+,52-,63-,64?,65-/m0/s1. The Kier molecular flexibility index (Phi) is 15.1. The summed E-state index contributed by atoms with van der Waals surface area (Å²) in [6.07, 6.45) is 11.1. The van der Waals surface area contributed by atoms with Crippen LogP contribution < -0.4 is 15.2 Å². The molecule has 81 heavy (non-hydrogen) atoms. The first-order valence-electron chi connectivity index (χ1n) is 29.6. The minimum Gasteiger partial charge on any atom is -0.458 e. The van der Waals surface area contributed by atoms with Crippen LogP contribution in [0.5, 0.6) is 5.75 Å². The highest BCUT2D eigenvalue weighted by Crippen LogP contribution is 2.68. The number of aromatic nitrogens is 2. The van der Waals surface area contributed by atoms with Crippen molar-refractivity contribution in [1.82, 2.24) is 19.4 Å². The maximum absolute atomic E-state index is 13.9. The molecule has 6 atom stereocenters. The van der Waals surface area contributed by atoms with E-state index in [0.29, 0.717) is 60.6 Å². The first kappa shape index (κ1) is 56.4. The number of Topliss-reactive ketones (excluding diaryl/α,β-unsaturated/α-hetero) is 1. The highest BCUT2D eigenvalue weighted by molar-refractivity contribution is 5.93. The molecule has 1 saturated heterocycles. The fourth-order valence-electron chi connectivity index (χ4n) is 15.1. The minimum absolute atomic E-state index is 0.0540. The number of allylic oxidation sites excluding steroid dienone is 4. The molecule has 0 spiro atoms. The van der Waals surface area contributed by atoms with Gasteiger partial charge >= 0.3 is 18.0 Å². The van der Waals surface area contributed by atoms with Gasteiger partial charge in [0.2, 0.25) is 0 Å². The lowest BCUT2D eigenvalue weighted by Crippen LogP contribution is -2.57. The van der Waals surface area contributed by atoms with Crippen molar-refractivity contribution >= 4 is 46.2 Å². The number of fused-ring (bicyclic) bond motifs is 9. The summed E-state index contributed by atoms with van der Waals surface area (Å²) in [5.74, 6) is -0.0955. The third-order valence-corrected chi connectivity index (χ3v) is 19.4. The predicted octanol–water partition coefficient (Wildman–Crippen LogP) is 10.00. The third kappa shape index (κ3) is 10.1. The van der Waals surface area contributed by atoms with E-state index in [-0.39, 0.29) is 72.2 Å². The van der Waals surface area contributed by atoms with Crippen LogP contribution in [0.4, 0.5) is 10.5 Å². The van der Waals surface area contributed by atoms with Gasteiger partial charge in [0.25, 0.3) is 5.56 Å². The molecular weight excluding hydrogens is 1030 g/mol. The molecule has 2 saturated carbocycles. The van der Waals surface area contributed by atoms with Gasteiger partial charge in [-0.3, -0.25) is 24.1 Å². The monoisotopic (exact) mass is 1110 g/mol. The van der Waals surface area contributed by atoms with Gasteiger partial charge in [-0.1, -0.05) is 44.4 Å². The number of anilines is 1. The average molecular weight is 1110 g/mol. The van der Waals surface area contributed by atoms with Crippen LogP contribution in [0.25, 0.3) is 22.3 Å². The molecule has 0 radical (unpaired) electrons. The van der Waals surface area contributed by atoms with E-state index in [1.54, 1.807) is 35.4 Å². The minimum atomic E-state index is -1.92. The zero-order chi connectivity index (χ0) is 57.3. The van der Waals surface area contributed by atoms with Crippen molar-refractivity contribution in [3.63, 3.8) is 0 Å². The Balaban J connectivity index is 0.682. The Morgan fingerprint density at radius 1 is 0.926 bits per heavy atom. The first-order chi connectivity index (χ1) is 38.6. The SMILES string of the molecule is CCC1(O)C(=O)OCc2c1cc1n(c2=O)Cc2cc3c(COC(C)(C)C)c(OC(=O)N4CCN(CCCCCCN(C)c5ccc([C@H]6C[C@@]7(C)[C@@H](CC[C@]7(OC(C)=O)C(C)=O)[C@@H]7CCC8=CC(=O)CCC8=C76)cc5)CC4)ccc3nc2-1. The van der Waals surface area contributed by atoms with E-state index >= 15 is 0 Å². The number of ketones is 2. The molecule has 4 aromatic rings. The number of nitrogens with zero attached hydrogens (tertiary/aromatic N) is 5. The van der Waals surface area contributed by atoms with Gasteiger partial charge in [-0.05, 0) is 163 Å². The number of amides is 1. The lowest BCUT2D eigenvalue weighted by atomic mass is 9.50. The summed E-state index contributed by atoms with van der Waals surface area (Å²) in [6.45, 7) is 17.5. The van der Waals surface area contributed by atoms with Crippen LogP contribution in [-0.4, -0.2) is 112 Å². The Labute approximate surface area is 474 Å². The summed E-state index contributed by atoms with van der Waals surface area (Å²) >= 11 is 0. The number of carbonyl (C=O) groups excluding carboxylic acids is 5. The molecule has 7 aliphatic rings. The van der Waals surface area contributed by atoms with E-state index in [4.69, 9.17) is 23.9 Å². The number of esters is 2. The van der Waals surface area contributed by atoms with Gasteiger partial charge in [-0.15, -0.1) is 0 Å². The Hall–Kier alpha value is -6.49. The van der Waals surface area contributed by atoms with Crippen molar-refractivity contribution in [2.24, 2.45) is 17.3 Å². The van der Waals surface area contributed by atoms with Gasteiger partial charge in [-0.25, -0.2) is 14.6 Å². The Morgan fingerprint density at radius 2 is 1.68 bits per heavy atom. The van der Waals surface area contributed by atoms with Crippen LogP contribution in [0, 0.1) is 17.3 Å². The van der Waals surface area contributed by atoms with E-state index < -0.39 is 40.2 Å². The number of hydrogen-bond donors (Lipinski definition) is 1. The quantitative estimate of drug-likeness (QED) is 0.0771. The molecule has 430 valence electrons. The van der Waals surface area contributed by atoms with Gasteiger partial charge in [-0.2, -0.15) is 0 Å². The molecule has 4 aliphatic carbocycles. The van der Waals surface area contributed by atoms with E-state index in [1.165, 1.54) is 29.2 Å². The zero-order valence-corrected chi connectivity index (χ0v) is 48.5. The molecule has 1 amide bonds. The maximum Gasteiger partial charge on any atom is 0.415 e. The molecule has 16 nitrogen and oxygen atoms in total. The van der Waals surface area contributed by atoms with Crippen molar-refractivity contribution in [3.8, 4) is 17.1 Å². The highest BCUT2D eigenvalue weighted by Gasteiger charge is 2.67. The number of pyridine rings is 2. The van der Waals surface area contributed by atoms with Gasteiger partial charge in [0.1, 0.15) is 12.4 Å². The maximum atomic E-state index is 13.9. The molecule has 3 fully saturated rings. The average Bonchev–Trinajstić information content (AvgIpc) is 2.21. The van der Waals surface area contributed by atoms with Crippen LogP contribution in [0.15, 0.2) is 76.1 Å². The van der Waals surface area contributed by atoms with Gasteiger partial charge in [0, 0.05) is 92.2 Å². The van der Waals surface area contributed by atoms with Crippen molar-refractivity contribution in [3.05, 3.63) is 109 Å². The number of carbonyl (C=O) groups is 5. The second kappa shape index (κ2) is 21.7. The molecule has 1 unspecified atom stereocenters. The van der Waals surface area contributed by atoms with Crippen LogP contribution >= 0.6 is 0 Å². The fraction of sp³-hybridized carbons (Fsp3) is 0.554. The molecule has 1 N–H and O–H groups in total. The molecule has 2 aromatic carbocycles. The lowest BCUT2D eigenvalue weighted by Gasteiger charge is -2.55. The van der Waals surface area contributed by atoms with Crippen LogP contribution in [0.1, 0.15) is 159 Å². The second-order valence-electron chi connectivity index (χ2n) is 25.2. The van der Waals surface area contributed by atoms with Gasteiger partial charge < -0.3 is 38.4 Å². The van der Waals surface area contributed by atoms with Crippen molar-refractivity contribution in [2.45, 2.75) is 168 Å². The smallest absolute Gasteiger partial charge is 0.415 e. The topological polar surface area (TPSA) is 187 Å². The fourth-order valence-corrected chi connectivity index (χ4v) is 15.1. The molecule has 3 aliphatic heterocycles. The number of hydrogen-bond acceptors (Lipinski definition) is 14. The number of unbranched alkanes of at least 4 members (excludes halogenated alkanes) is 3. The van der Waals surface area contributed by atoms with Crippen LogP contribution in [0.2, 0.25) is 0 Å². The largest absolute Gasteiger partial charge is 0.458 e. The van der Waals surface area contributed by atoms with Crippen LogP contribution in [-0.2, 0) is 58.7 Å². The predicted molar refractivity (Wildman–Crippen MR) is 307 cm³/mol. The van der Waals surface area contributed by atoms with Crippen molar-refractivity contribution < 1.29 is 48.0 Å². The summed E-state index contributed by atoms with van der Waals surface area (Å²) in [5.41, 5.74) is 5.68. The lowest BCUT2D eigenvalue weighted by molar-refractivity contribution is -0.182. The number of piperazine rings is 1. The highest BCUT2D eigenvalue weighted by atomic mass is 16.6. The first-order valence-corrected chi connectivity index (χ1v) is 29.6. The molecule has 16 heteroatoms. The summed E-state index contributed by atoms with van der Waals surface area (Å²) < 4.78 is 25.5. The number of aliphatic hydroxyl groups is 1. The number of ether oxygens (including phenoxy) is 4. The zero-order valence-electron chi connectivity index (χ0n) is 48.5. The Morgan fingerprint density at radius 3 is 2.40 bits per heavy atom. The Bertz CT molecular complexity index is 3350. The van der Waals surface area contributed by atoms with E-state index in [0.717, 1.165) is 94.2 Å². The number of cyclic esters (lactones) is 1. The van der Waals surface area contributed by atoms with E-state index in [1.807, 2.05) is 39.0 Å². The van der Waals surface area contributed by atoms with Crippen LogP contribution in [0.3, 0.4) is 0 Å². The molecule has 11 rings (SSSR count). The molecule has 0 bridgehead atoms. The summed E-state index contributed by atoms with van der Waals surface area (Å²) in [4.78, 5) is 90.8. The third-order valence-electron chi connectivity index (χ3n) is 19.4. The van der Waals surface area contributed by atoms with Gasteiger partial charge in [0.05, 0.1) is 41.2 Å². The van der Waals surface area contributed by atoms with Gasteiger partial charge in [0.15, 0.2) is 22.8 Å². The number of rotatable bonds is 15. The normalized spacial score (nSPS) is 26.0. The van der Waals surface area contributed by atoms with E-state index in [9.17, 15) is 33.9 Å². The summed E-state index contributed by atoms with van der Waals surface area (Å²) in [7, 11) is 2.15. The number of benzene rings is 2. The van der Waals surface area contributed by atoms with Crippen molar-refractivity contribution in [1.29, 1.82) is 0 Å². The summed E-state index contributed by atoms with van der Waals surface area (Å²) in [5, 5.41) is 12.1.